The van der Waals surface area contributed by atoms with E-state index < -0.39 is 24.4 Å². The number of piperidine rings is 1. The molecule has 1 saturated heterocycles. The van der Waals surface area contributed by atoms with Gasteiger partial charge in [0, 0.05) is 18.0 Å². The minimum atomic E-state index is -4.88. The summed E-state index contributed by atoms with van der Waals surface area (Å²) in [6.45, 7) is 1.41. The van der Waals surface area contributed by atoms with E-state index in [1.165, 1.54) is 0 Å². The summed E-state index contributed by atoms with van der Waals surface area (Å²) < 4.78 is 40.1. The van der Waals surface area contributed by atoms with Crippen LogP contribution in [0.25, 0.3) is 0 Å². The van der Waals surface area contributed by atoms with Crippen molar-refractivity contribution in [1.82, 2.24) is 15.5 Å². The number of anilines is 1. The molecule has 2 aliphatic heterocycles. The van der Waals surface area contributed by atoms with Crippen molar-refractivity contribution in [3.63, 3.8) is 0 Å². The highest BCUT2D eigenvalue weighted by Crippen LogP contribution is 2.50. The lowest BCUT2D eigenvalue weighted by atomic mass is 9.81. The number of aromatic nitrogens is 2. The van der Waals surface area contributed by atoms with Gasteiger partial charge in [-0.1, -0.05) is 0 Å². The Balaban J connectivity index is 2.07. The second-order valence-electron chi connectivity index (χ2n) is 5.61. The number of aliphatic hydroxyl groups is 2. The maximum Gasteiger partial charge on any atom is 0.421 e. The maximum atomic E-state index is 13.4. The zero-order chi connectivity index (χ0) is 15.3. The third kappa shape index (κ3) is 2.29. The third-order valence-electron chi connectivity index (χ3n) is 4.22. The number of halogens is 3. The smallest absolute Gasteiger partial charge is 0.376 e. The van der Waals surface area contributed by atoms with E-state index in [0.29, 0.717) is 31.6 Å². The highest BCUT2D eigenvalue weighted by molar-refractivity contribution is 5.54. The normalized spacial score (nSPS) is 30.8. The maximum absolute atomic E-state index is 13.4. The van der Waals surface area contributed by atoms with Crippen molar-refractivity contribution >= 4 is 5.82 Å². The average Bonchev–Trinajstić information content (AvgIpc) is 2.82. The van der Waals surface area contributed by atoms with Crippen molar-refractivity contribution < 1.29 is 23.4 Å². The van der Waals surface area contributed by atoms with E-state index in [4.69, 9.17) is 0 Å². The van der Waals surface area contributed by atoms with Crippen LogP contribution in [0.2, 0.25) is 0 Å². The Bertz CT molecular complexity index is 527. The van der Waals surface area contributed by atoms with E-state index in [2.05, 4.69) is 20.8 Å². The number of aliphatic hydroxyl groups excluding tert-OH is 1. The summed E-state index contributed by atoms with van der Waals surface area (Å²) >= 11 is 0. The third-order valence-corrected chi connectivity index (χ3v) is 4.22. The number of alkyl halides is 3. The topological polar surface area (TPSA) is 93.2 Å². The Labute approximate surface area is 118 Å². The van der Waals surface area contributed by atoms with Crippen LogP contribution < -0.4 is 10.6 Å². The molecule has 0 radical (unpaired) electrons. The second-order valence-corrected chi connectivity index (χ2v) is 5.61. The van der Waals surface area contributed by atoms with Gasteiger partial charge in [0.1, 0.15) is 6.23 Å². The van der Waals surface area contributed by atoms with Gasteiger partial charge in [0.2, 0.25) is 0 Å². The van der Waals surface area contributed by atoms with Crippen molar-refractivity contribution in [2.75, 3.05) is 18.4 Å². The average molecular weight is 306 g/mol. The first-order valence-electron chi connectivity index (χ1n) is 6.86. The zero-order valence-electron chi connectivity index (χ0n) is 11.2. The first kappa shape index (κ1) is 14.6. The molecule has 0 bridgehead atoms. The Hall–Kier alpha value is -1.32. The lowest BCUT2D eigenvalue weighted by Crippen LogP contribution is -2.50. The van der Waals surface area contributed by atoms with Crippen LogP contribution >= 0.6 is 0 Å². The van der Waals surface area contributed by atoms with Crippen LogP contribution in [0, 0.1) is 0 Å². The van der Waals surface area contributed by atoms with Gasteiger partial charge < -0.3 is 20.8 Å². The van der Waals surface area contributed by atoms with Gasteiger partial charge in [-0.25, -0.2) is 0 Å². The fraction of sp³-hybridized carbons (Fsp3) is 0.750. The van der Waals surface area contributed by atoms with Crippen LogP contribution in [0.4, 0.5) is 19.0 Å². The van der Waals surface area contributed by atoms with Gasteiger partial charge in [-0.3, -0.25) is 5.10 Å². The molecule has 3 heterocycles. The van der Waals surface area contributed by atoms with Crippen LogP contribution in [0.1, 0.15) is 36.4 Å². The molecule has 2 unspecified atom stereocenters. The molecule has 0 aliphatic carbocycles. The highest BCUT2D eigenvalue weighted by atomic mass is 19.4. The van der Waals surface area contributed by atoms with E-state index in [1.54, 1.807) is 0 Å². The van der Waals surface area contributed by atoms with Gasteiger partial charge in [-0.05, 0) is 25.9 Å². The minimum Gasteiger partial charge on any atom is -0.376 e. The molecule has 1 aromatic rings. The van der Waals surface area contributed by atoms with E-state index >= 15 is 0 Å². The Kier molecular flexibility index (Phi) is 3.38. The fourth-order valence-corrected chi connectivity index (χ4v) is 3.13. The van der Waals surface area contributed by atoms with Crippen LogP contribution in [0.5, 0.6) is 0 Å². The van der Waals surface area contributed by atoms with E-state index in [0.717, 1.165) is 0 Å². The van der Waals surface area contributed by atoms with Gasteiger partial charge in [0.25, 0.3) is 0 Å². The van der Waals surface area contributed by atoms with Gasteiger partial charge >= 0.3 is 6.18 Å². The molecule has 0 aromatic carbocycles. The van der Waals surface area contributed by atoms with Crippen molar-refractivity contribution in [3.8, 4) is 0 Å². The molecule has 3 rings (SSSR count). The van der Waals surface area contributed by atoms with Crippen LogP contribution in [0.15, 0.2) is 0 Å². The lowest BCUT2D eigenvalue weighted by Gasteiger charge is -2.38. The number of fused-ring (bicyclic) bond motifs is 1. The molecule has 0 amide bonds. The summed E-state index contributed by atoms with van der Waals surface area (Å²) in [6.07, 6.45) is -5.87. The summed E-state index contributed by atoms with van der Waals surface area (Å²) in [5.41, 5.74) is -3.04. The molecule has 118 valence electrons. The number of hydrogen-bond donors (Lipinski definition) is 5. The minimum absolute atomic E-state index is 0.117. The Morgan fingerprint density at radius 3 is 2.52 bits per heavy atom. The largest absolute Gasteiger partial charge is 0.421 e. The number of rotatable bonds is 1. The first-order valence-corrected chi connectivity index (χ1v) is 6.86. The number of H-pyrrole nitrogens is 1. The van der Waals surface area contributed by atoms with Crippen molar-refractivity contribution in [3.05, 3.63) is 11.3 Å². The second kappa shape index (κ2) is 4.85. The summed E-state index contributed by atoms with van der Waals surface area (Å²) in [5.74, 6) is -0.240. The summed E-state index contributed by atoms with van der Waals surface area (Å²) in [5, 5.41) is 31.8. The highest BCUT2D eigenvalue weighted by Gasteiger charge is 2.60. The Morgan fingerprint density at radius 1 is 1.24 bits per heavy atom. The van der Waals surface area contributed by atoms with Gasteiger partial charge in [0.15, 0.2) is 11.4 Å². The molecule has 1 aromatic heterocycles. The van der Waals surface area contributed by atoms with Crippen molar-refractivity contribution in [2.24, 2.45) is 0 Å². The fourth-order valence-electron chi connectivity index (χ4n) is 3.13. The quantitative estimate of drug-likeness (QED) is 0.528. The molecule has 6 nitrogen and oxygen atoms in total. The van der Waals surface area contributed by atoms with Crippen LogP contribution in [0.3, 0.4) is 0 Å². The number of aromatic amines is 1. The SMILES string of the molecule is OC1CC(O)(C(F)(F)F)c2c(n[nH]c2C2CCNCC2)N1. The molecule has 1 fully saturated rings. The molecule has 5 N–H and O–H groups in total. The summed E-state index contributed by atoms with van der Waals surface area (Å²) in [7, 11) is 0. The number of hydrogen-bond acceptors (Lipinski definition) is 5. The standard InChI is InChI=1S/C12H17F3N4O2/c13-12(14,15)11(21)5-7(20)17-10-8(11)9(18-19-10)6-1-3-16-4-2-6/h6-7,16,20-21H,1-5H2,(H2,17,18,19). The molecule has 0 saturated carbocycles. The predicted octanol–water partition coefficient (Wildman–Crippen LogP) is 0.761. The van der Waals surface area contributed by atoms with Gasteiger partial charge in [-0.2, -0.15) is 18.3 Å². The predicted molar refractivity (Wildman–Crippen MR) is 67.6 cm³/mol. The first-order chi connectivity index (χ1) is 9.83. The van der Waals surface area contributed by atoms with Crippen LogP contribution in [-0.4, -0.2) is 45.9 Å². The monoisotopic (exact) mass is 306 g/mol. The Morgan fingerprint density at radius 2 is 1.90 bits per heavy atom. The van der Waals surface area contributed by atoms with E-state index in [-0.39, 0.29) is 17.3 Å². The summed E-state index contributed by atoms with van der Waals surface area (Å²) in [4.78, 5) is 0. The molecule has 2 atom stereocenters. The molecular weight excluding hydrogens is 289 g/mol. The zero-order valence-corrected chi connectivity index (χ0v) is 11.2. The van der Waals surface area contributed by atoms with Crippen molar-refractivity contribution in [1.29, 1.82) is 0 Å². The molecular formula is C12H17F3N4O2. The van der Waals surface area contributed by atoms with Crippen LogP contribution in [-0.2, 0) is 5.60 Å². The molecule has 2 aliphatic rings. The molecule has 9 heteroatoms. The summed E-state index contributed by atoms with van der Waals surface area (Å²) in [6, 6.07) is 0. The molecule has 0 spiro atoms. The lowest BCUT2D eigenvalue weighted by molar-refractivity contribution is -0.276. The van der Waals surface area contributed by atoms with Gasteiger partial charge in [0.05, 0.1) is 5.56 Å². The number of nitrogens with zero attached hydrogens (tertiary/aromatic N) is 1. The van der Waals surface area contributed by atoms with Gasteiger partial charge in [-0.15, -0.1) is 0 Å². The van der Waals surface area contributed by atoms with E-state index in [9.17, 15) is 23.4 Å². The van der Waals surface area contributed by atoms with Crippen molar-refractivity contribution in [2.45, 2.75) is 43.2 Å². The molecule has 21 heavy (non-hydrogen) atoms. The van der Waals surface area contributed by atoms with E-state index in [1.807, 2.05) is 0 Å². The number of nitrogens with one attached hydrogen (secondary N) is 3.